The van der Waals surface area contributed by atoms with Gasteiger partial charge >= 0.3 is 0 Å². The highest BCUT2D eigenvalue weighted by Gasteiger charge is 2.24. The van der Waals surface area contributed by atoms with Gasteiger partial charge in [-0.2, -0.15) is 11.8 Å². The van der Waals surface area contributed by atoms with Crippen LogP contribution in [-0.2, 0) is 13.1 Å². The summed E-state index contributed by atoms with van der Waals surface area (Å²) >= 11 is 2.11. The van der Waals surface area contributed by atoms with Crippen molar-refractivity contribution in [1.82, 2.24) is 14.9 Å². The van der Waals surface area contributed by atoms with E-state index >= 15 is 0 Å². The Labute approximate surface area is 108 Å². The van der Waals surface area contributed by atoms with Crippen LogP contribution < -0.4 is 5.32 Å². The predicted molar refractivity (Wildman–Crippen MR) is 74.3 cm³/mol. The zero-order chi connectivity index (χ0) is 12.1. The van der Waals surface area contributed by atoms with Crippen molar-refractivity contribution in [2.45, 2.75) is 57.5 Å². The molecule has 17 heavy (non-hydrogen) atoms. The van der Waals surface area contributed by atoms with Crippen LogP contribution in [0.25, 0.3) is 0 Å². The molecular weight excluding hydrogens is 230 g/mol. The Morgan fingerprint density at radius 2 is 2.35 bits per heavy atom. The number of hydrogen-bond acceptors (Lipinski definition) is 3. The molecule has 0 saturated heterocycles. The fourth-order valence-corrected chi connectivity index (χ4v) is 3.69. The number of imidazole rings is 1. The second kappa shape index (κ2) is 6.45. The fraction of sp³-hybridized carbons (Fsp3) is 0.769. The molecule has 2 atom stereocenters. The summed E-state index contributed by atoms with van der Waals surface area (Å²) in [5.74, 6) is 2.41. The number of nitrogens with one attached hydrogen (secondary N) is 1. The van der Waals surface area contributed by atoms with Gasteiger partial charge in [-0.05, 0) is 31.9 Å². The molecule has 0 amide bonds. The third kappa shape index (κ3) is 3.49. The summed E-state index contributed by atoms with van der Waals surface area (Å²) in [6.07, 6.45) is 7.97. The molecule has 1 aromatic heterocycles. The third-order valence-electron chi connectivity index (χ3n) is 3.48. The van der Waals surface area contributed by atoms with Gasteiger partial charge in [0, 0.05) is 30.2 Å². The van der Waals surface area contributed by atoms with Crippen LogP contribution in [0.2, 0.25) is 0 Å². The van der Waals surface area contributed by atoms with E-state index < -0.39 is 0 Å². The molecule has 4 heteroatoms. The molecular formula is C13H23N3S. The number of aryl methyl sites for hydroxylation is 1. The quantitative estimate of drug-likeness (QED) is 0.845. The van der Waals surface area contributed by atoms with Gasteiger partial charge in [0.05, 0.1) is 6.54 Å². The molecule has 1 heterocycles. The van der Waals surface area contributed by atoms with Crippen molar-refractivity contribution in [2.75, 3.05) is 5.75 Å². The molecule has 1 aliphatic rings. The molecule has 3 nitrogen and oxygen atoms in total. The van der Waals surface area contributed by atoms with Crippen LogP contribution in [0, 0.1) is 0 Å². The van der Waals surface area contributed by atoms with Crippen molar-refractivity contribution in [3.05, 3.63) is 18.2 Å². The van der Waals surface area contributed by atoms with Crippen molar-refractivity contribution >= 4 is 11.8 Å². The van der Waals surface area contributed by atoms with Crippen molar-refractivity contribution in [2.24, 2.45) is 0 Å². The Bertz CT molecular complexity index is 337. The monoisotopic (exact) mass is 253 g/mol. The Morgan fingerprint density at radius 3 is 3.12 bits per heavy atom. The van der Waals surface area contributed by atoms with Crippen molar-refractivity contribution in [3.63, 3.8) is 0 Å². The highest BCUT2D eigenvalue weighted by atomic mass is 32.2. The maximum atomic E-state index is 4.40. The van der Waals surface area contributed by atoms with E-state index in [2.05, 4.69) is 46.7 Å². The average Bonchev–Trinajstić information content (AvgIpc) is 2.95. The number of hydrogen-bond donors (Lipinski definition) is 1. The molecule has 2 rings (SSSR count). The van der Waals surface area contributed by atoms with Crippen LogP contribution in [0.3, 0.4) is 0 Å². The first kappa shape index (κ1) is 13.0. The zero-order valence-corrected chi connectivity index (χ0v) is 11.7. The van der Waals surface area contributed by atoms with Gasteiger partial charge in [0.15, 0.2) is 0 Å². The molecule has 96 valence electrons. The summed E-state index contributed by atoms with van der Waals surface area (Å²) in [4.78, 5) is 4.40. The molecule has 2 unspecified atom stereocenters. The number of nitrogens with zero attached hydrogens (tertiary/aromatic N) is 2. The van der Waals surface area contributed by atoms with Gasteiger partial charge in [0.1, 0.15) is 5.82 Å². The van der Waals surface area contributed by atoms with E-state index in [0.717, 1.165) is 18.3 Å². The first-order valence-electron chi connectivity index (χ1n) is 6.68. The number of rotatable bonds is 6. The molecule has 1 N–H and O–H groups in total. The predicted octanol–water partition coefficient (Wildman–Crippen LogP) is 2.67. The van der Waals surface area contributed by atoms with Crippen LogP contribution in [-0.4, -0.2) is 26.6 Å². The molecule has 0 bridgehead atoms. The fourth-order valence-electron chi connectivity index (χ4n) is 2.54. The maximum absolute atomic E-state index is 4.40. The average molecular weight is 253 g/mol. The van der Waals surface area contributed by atoms with Crippen LogP contribution in [0.5, 0.6) is 0 Å². The summed E-state index contributed by atoms with van der Waals surface area (Å²) in [7, 11) is 0. The van der Waals surface area contributed by atoms with E-state index in [9.17, 15) is 0 Å². The van der Waals surface area contributed by atoms with Gasteiger partial charge in [0.25, 0.3) is 0 Å². The molecule has 0 radical (unpaired) electrons. The molecule has 1 saturated carbocycles. The van der Waals surface area contributed by atoms with Gasteiger partial charge in [-0.3, -0.25) is 0 Å². The Morgan fingerprint density at radius 1 is 1.47 bits per heavy atom. The van der Waals surface area contributed by atoms with Crippen molar-refractivity contribution < 1.29 is 0 Å². The van der Waals surface area contributed by atoms with Gasteiger partial charge in [-0.1, -0.05) is 6.92 Å². The van der Waals surface area contributed by atoms with Gasteiger partial charge < -0.3 is 9.88 Å². The maximum Gasteiger partial charge on any atom is 0.122 e. The summed E-state index contributed by atoms with van der Waals surface area (Å²) in [6.45, 7) is 6.34. The minimum atomic E-state index is 0.695. The number of thioether (sulfide) groups is 1. The summed E-state index contributed by atoms with van der Waals surface area (Å²) < 4.78 is 2.21. The molecule has 0 aromatic carbocycles. The third-order valence-corrected chi connectivity index (χ3v) is 4.71. The van der Waals surface area contributed by atoms with E-state index in [1.807, 2.05) is 6.20 Å². The largest absolute Gasteiger partial charge is 0.334 e. The van der Waals surface area contributed by atoms with Gasteiger partial charge in [-0.15, -0.1) is 0 Å². The highest BCUT2D eigenvalue weighted by Crippen LogP contribution is 2.29. The normalized spacial score (nSPS) is 24.4. The van der Waals surface area contributed by atoms with Crippen LogP contribution in [0.1, 0.15) is 38.9 Å². The smallest absolute Gasteiger partial charge is 0.122 e. The first-order valence-corrected chi connectivity index (χ1v) is 7.73. The minimum Gasteiger partial charge on any atom is -0.334 e. The van der Waals surface area contributed by atoms with E-state index in [4.69, 9.17) is 0 Å². The second-order valence-electron chi connectivity index (χ2n) is 4.60. The van der Waals surface area contributed by atoms with E-state index in [-0.39, 0.29) is 0 Å². The highest BCUT2D eigenvalue weighted by molar-refractivity contribution is 7.99. The van der Waals surface area contributed by atoms with Crippen LogP contribution in [0.15, 0.2) is 12.4 Å². The Hall–Kier alpha value is -0.480. The summed E-state index contributed by atoms with van der Waals surface area (Å²) in [5, 5.41) is 4.53. The van der Waals surface area contributed by atoms with E-state index in [0.29, 0.717) is 6.04 Å². The molecule has 1 aliphatic carbocycles. The van der Waals surface area contributed by atoms with Crippen LogP contribution >= 0.6 is 11.8 Å². The topological polar surface area (TPSA) is 29.9 Å². The lowest BCUT2D eigenvalue weighted by molar-refractivity contribution is 0.502. The summed E-state index contributed by atoms with van der Waals surface area (Å²) in [5.41, 5.74) is 0. The molecule has 0 spiro atoms. The van der Waals surface area contributed by atoms with E-state index in [1.54, 1.807) is 0 Å². The Balaban J connectivity index is 1.76. The number of aromatic nitrogens is 2. The lowest BCUT2D eigenvalue weighted by Gasteiger charge is -2.13. The Kier molecular flexibility index (Phi) is 4.92. The molecule has 1 aromatic rings. The molecule has 0 aliphatic heterocycles. The van der Waals surface area contributed by atoms with E-state index in [1.165, 1.54) is 30.8 Å². The van der Waals surface area contributed by atoms with Gasteiger partial charge in [0.2, 0.25) is 0 Å². The summed E-state index contributed by atoms with van der Waals surface area (Å²) in [6, 6.07) is 0.695. The van der Waals surface area contributed by atoms with Crippen molar-refractivity contribution in [1.29, 1.82) is 0 Å². The lowest BCUT2D eigenvalue weighted by atomic mass is 10.2. The lowest BCUT2D eigenvalue weighted by Crippen LogP contribution is -2.27. The molecule has 1 fully saturated rings. The van der Waals surface area contributed by atoms with Gasteiger partial charge in [-0.25, -0.2) is 4.98 Å². The minimum absolute atomic E-state index is 0.695. The zero-order valence-electron chi connectivity index (χ0n) is 10.9. The van der Waals surface area contributed by atoms with Crippen LogP contribution in [0.4, 0.5) is 0 Å². The standard InChI is InChI=1S/C13H23N3S/c1-3-16-8-7-14-13(16)10-15-11-5-6-12(9-11)17-4-2/h7-8,11-12,15H,3-6,9-10H2,1-2H3. The second-order valence-corrected chi connectivity index (χ2v) is 6.18. The first-order chi connectivity index (χ1) is 8.33. The SMILES string of the molecule is CCSC1CCC(NCc2nccn2CC)C1. The van der Waals surface area contributed by atoms with Crippen molar-refractivity contribution in [3.8, 4) is 0 Å².